The predicted octanol–water partition coefficient (Wildman–Crippen LogP) is 0.892. The van der Waals surface area contributed by atoms with Crippen molar-refractivity contribution in [1.82, 2.24) is 4.90 Å². The molecule has 1 amide bonds. The van der Waals surface area contributed by atoms with Crippen molar-refractivity contribution < 1.29 is 19.0 Å². The summed E-state index contributed by atoms with van der Waals surface area (Å²) in [4.78, 5) is 14.6. The number of hydrogen-bond acceptors (Lipinski definition) is 5. The number of benzene rings is 1. The Morgan fingerprint density at radius 2 is 1.95 bits per heavy atom. The Morgan fingerprint density at radius 3 is 2.48 bits per heavy atom. The van der Waals surface area contributed by atoms with Crippen molar-refractivity contribution in [1.29, 1.82) is 0 Å². The normalized spacial score (nSPS) is 22.0. The van der Waals surface area contributed by atoms with Gasteiger partial charge in [0.1, 0.15) is 17.1 Å². The van der Waals surface area contributed by atoms with Crippen LogP contribution in [0.1, 0.15) is 17.3 Å². The van der Waals surface area contributed by atoms with Crippen LogP contribution in [-0.4, -0.2) is 56.9 Å². The summed E-state index contributed by atoms with van der Waals surface area (Å²) in [5.41, 5.74) is 6.10. The highest BCUT2D eigenvalue weighted by Crippen LogP contribution is 2.30. The molecule has 1 aromatic carbocycles. The quantitative estimate of drug-likeness (QED) is 0.893. The molecule has 6 heteroatoms. The summed E-state index contributed by atoms with van der Waals surface area (Å²) in [5, 5.41) is 0. The Balaban J connectivity index is 2.31. The molecule has 2 N–H and O–H groups in total. The smallest absolute Gasteiger partial charge is 0.261 e. The molecule has 2 rings (SSSR count). The fourth-order valence-electron chi connectivity index (χ4n) is 2.56. The number of hydrogen-bond donors (Lipinski definition) is 1. The van der Waals surface area contributed by atoms with Gasteiger partial charge in [-0.05, 0) is 19.1 Å². The highest BCUT2D eigenvalue weighted by atomic mass is 16.5. The molecular formula is C15H22N2O4. The van der Waals surface area contributed by atoms with E-state index in [2.05, 4.69) is 0 Å². The number of rotatable bonds is 4. The maximum atomic E-state index is 12.8. The second-order valence-electron chi connectivity index (χ2n) is 5.05. The summed E-state index contributed by atoms with van der Waals surface area (Å²) in [5.74, 6) is 0.878. The van der Waals surface area contributed by atoms with Crippen molar-refractivity contribution in [2.24, 2.45) is 5.73 Å². The number of amides is 1. The van der Waals surface area contributed by atoms with Crippen LogP contribution in [0.5, 0.6) is 11.5 Å². The Bertz CT molecular complexity index is 484. The standard InChI is InChI=1S/C15H22N2O4/c1-10-8-17(9-11(7-16)21-10)15(18)14-12(19-2)5-4-6-13(14)20-3/h4-6,10-11H,7-9,16H2,1-3H3. The van der Waals surface area contributed by atoms with E-state index >= 15 is 0 Å². The number of morpholine rings is 1. The molecule has 1 heterocycles. The lowest BCUT2D eigenvalue weighted by Gasteiger charge is -2.36. The fourth-order valence-corrected chi connectivity index (χ4v) is 2.56. The zero-order valence-corrected chi connectivity index (χ0v) is 12.7. The van der Waals surface area contributed by atoms with Gasteiger partial charge >= 0.3 is 0 Å². The maximum Gasteiger partial charge on any atom is 0.261 e. The average Bonchev–Trinajstić information content (AvgIpc) is 2.52. The summed E-state index contributed by atoms with van der Waals surface area (Å²) < 4.78 is 16.3. The van der Waals surface area contributed by atoms with Crippen LogP contribution in [0.4, 0.5) is 0 Å². The van der Waals surface area contributed by atoms with Crippen LogP contribution in [0.15, 0.2) is 18.2 Å². The molecule has 1 aliphatic heterocycles. The lowest BCUT2D eigenvalue weighted by atomic mass is 10.1. The van der Waals surface area contributed by atoms with Crippen molar-refractivity contribution >= 4 is 5.91 Å². The number of ether oxygens (including phenoxy) is 3. The highest BCUT2D eigenvalue weighted by Gasteiger charge is 2.31. The van der Waals surface area contributed by atoms with Crippen LogP contribution in [0.25, 0.3) is 0 Å². The van der Waals surface area contributed by atoms with E-state index in [4.69, 9.17) is 19.9 Å². The highest BCUT2D eigenvalue weighted by molar-refractivity contribution is 5.99. The third-order valence-electron chi connectivity index (χ3n) is 3.52. The summed E-state index contributed by atoms with van der Waals surface area (Å²) in [6.45, 7) is 3.32. The van der Waals surface area contributed by atoms with Crippen LogP contribution in [0.2, 0.25) is 0 Å². The first-order valence-electron chi connectivity index (χ1n) is 6.96. The summed E-state index contributed by atoms with van der Waals surface area (Å²) in [6.07, 6.45) is -0.185. The van der Waals surface area contributed by atoms with Gasteiger partial charge in [0, 0.05) is 19.6 Å². The van der Waals surface area contributed by atoms with Gasteiger partial charge in [0.2, 0.25) is 0 Å². The zero-order valence-electron chi connectivity index (χ0n) is 12.7. The number of methoxy groups -OCH3 is 2. The van der Waals surface area contributed by atoms with E-state index in [0.29, 0.717) is 36.7 Å². The molecule has 1 aromatic rings. The van der Waals surface area contributed by atoms with Crippen LogP contribution in [-0.2, 0) is 4.74 Å². The first kappa shape index (κ1) is 15.6. The molecule has 0 spiro atoms. The molecule has 6 nitrogen and oxygen atoms in total. The third kappa shape index (κ3) is 3.28. The minimum atomic E-state index is -0.140. The van der Waals surface area contributed by atoms with Crippen molar-refractivity contribution in [3.8, 4) is 11.5 Å². The Kier molecular flexibility index (Phi) is 5.03. The summed E-state index contributed by atoms with van der Waals surface area (Å²) >= 11 is 0. The van der Waals surface area contributed by atoms with Crippen molar-refractivity contribution in [3.05, 3.63) is 23.8 Å². The van der Waals surface area contributed by atoms with Gasteiger partial charge in [-0.15, -0.1) is 0 Å². The van der Waals surface area contributed by atoms with Crippen molar-refractivity contribution in [2.45, 2.75) is 19.1 Å². The van der Waals surface area contributed by atoms with Gasteiger partial charge in [0.05, 0.1) is 26.4 Å². The maximum absolute atomic E-state index is 12.8. The third-order valence-corrected chi connectivity index (χ3v) is 3.52. The molecule has 2 unspecified atom stereocenters. The summed E-state index contributed by atoms with van der Waals surface area (Å²) in [6, 6.07) is 5.29. The van der Waals surface area contributed by atoms with E-state index in [1.807, 2.05) is 6.92 Å². The predicted molar refractivity (Wildman–Crippen MR) is 78.8 cm³/mol. The van der Waals surface area contributed by atoms with Gasteiger partial charge in [0.15, 0.2) is 0 Å². The molecule has 0 bridgehead atoms. The van der Waals surface area contributed by atoms with Crippen LogP contribution in [0, 0.1) is 0 Å². The molecule has 1 saturated heterocycles. The van der Waals surface area contributed by atoms with Gasteiger partial charge in [-0.25, -0.2) is 0 Å². The number of nitrogens with zero attached hydrogens (tertiary/aromatic N) is 1. The van der Waals surface area contributed by atoms with Crippen LogP contribution in [0.3, 0.4) is 0 Å². The van der Waals surface area contributed by atoms with Crippen molar-refractivity contribution in [2.75, 3.05) is 33.9 Å². The Hall–Kier alpha value is -1.79. The fraction of sp³-hybridized carbons (Fsp3) is 0.533. The van der Waals surface area contributed by atoms with E-state index in [1.54, 1.807) is 23.1 Å². The van der Waals surface area contributed by atoms with Crippen molar-refractivity contribution in [3.63, 3.8) is 0 Å². The van der Waals surface area contributed by atoms with Crippen LogP contribution >= 0.6 is 0 Å². The average molecular weight is 294 g/mol. The molecule has 1 fully saturated rings. The topological polar surface area (TPSA) is 74.0 Å². The minimum Gasteiger partial charge on any atom is -0.496 e. The molecular weight excluding hydrogens is 272 g/mol. The van der Waals surface area contributed by atoms with Crippen LogP contribution < -0.4 is 15.2 Å². The SMILES string of the molecule is COc1cccc(OC)c1C(=O)N1CC(C)OC(CN)C1. The first-order chi connectivity index (χ1) is 10.1. The molecule has 0 aliphatic carbocycles. The lowest BCUT2D eigenvalue weighted by Crippen LogP contribution is -2.51. The van der Waals surface area contributed by atoms with Gasteiger partial charge in [-0.3, -0.25) is 4.79 Å². The Morgan fingerprint density at radius 1 is 1.33 bits per heavy atom. The second kappa shape index (κ2) is 6.78. The van der Waals surface area contributed by atoms with Gasteiger partial charge in [0.25, 0.3) is 5.91 Å². The number of carbonyl (C=O) groups excluding carboxylic acids is 1. The largest absolute Gasteiger partial charge is 0.496 e. The number of carbonyl (C=O) groups is 1. The molecule has 116 valence electrons. The molecule has 1 aliphatic rings. The van der Waals surface area contributed by atoms with E-state index in [0.717, 1.165) is 0 Å². The van der Waals surface area contributed by atoms with Gasteiger partial charge in [-0.1, -0.05) is 6.07 Å². The van der Waals surface area contributed by atoms with Gasteiger partial charge < -0.3 is 24.8 Å². The second-order valence-corrected chi connectivity index (χ2v) is 5.05. The Labute approximate surface area is 124 Å². The summed E-state index contributed by atoms with van der Waals surface area (Å²) in [7, 11) is 3.08. The molecule has 21 heavy (non-hydrogen) atoms. The van der Waals surface area contributed by atoms with E-state index in [1.165, 1.54) is 14.2 Å². The monoisotopic (exact) mass is 294 g/mol. The first-order valence-corrected chi connectivity index (χ1v) is 6.96. The lowest BCUT2D eigenvalue weighted by molar-refractivity contribution is -0.0626. The zero-order chi connectivity index (χ0) is 15.4. The molecule has 0 aromatic heterocycles. The van der Waals surface area contributed by atoms with Gasteiger partial charge in [-0.2, -0.15) is 0 Å². The minimum absolute atomic E-state index is 0.0445. The molecule has 0 saturated carbocycles. The van der Waals surface area contributed by atoms with E-state index in [9.17, 15) is 4.79 Å². The molecule has 2 atom stereocenters. The molecule has 0 radical (unpaired) electrons. The van der Waals surface area contributed by atoms with E-state index in [-0.39, 0.29) is 18.1 Å². The number of nitrogens with two attached hydrogens (primary N) is 1. The van der Waals surface area contributed by atoms with E-state index < -0.39 is 0 Å².